The van der Waals surface area contributed by atoms with Crippen LogP contribution in [0, 0.1) is 5.92 Å². The number of fused-ring (bicyclic) bond motifs is 1. The number of nitrogens with zero attached hydrogens (tertiary/aromatic N) is 2. The molecule has 4 rings (SSSR count). The molecule has 1 aromatic heterocycles. The molecule has 0 spiro atoms. The predicted octanol–water partition coefficient (Wildman–Crippen LogP) is 3.87. The van der Waals surface area contributed by atoms with Gasteiger partial charge in [0.15, 0.2) is 0 Å². The van der Waals surface area contributed by atoms with E-state index < -0.39 is 0 Å². The van der Waals surface area contributed by atoms with E-state index >= 15 is 0 Å². The normalized spacial score (nSPS) is 16.9. The highest BCUT2D eigenvalue weighted by molar-refractivity contribution is 9.10. The first kappa shape index (κ1) is 18.8. The lowest BCUT2D eigenvalue weighted by atomic mass is 9.97. The first-order valence-corrected chi connectivity index (χ1v) is 10.2. The second-order valence-corrected chi connectivity index (χ2v) is 7.95. The lowest BCUT2D eigenvalue weighted by Gasteiger charge is -2.31. The number of piperidine rings is 1. The van der Waals surface area contributed by atoms with Gasteiger partial charge in [-0.25, -0.2) is 4.98 Å². The molecule has 1 saturated heterocycles. The van der Waals surface area contributed by atoms with Gasteiger partial charge in [0, 0.05) is 29.7 Å². The second kappa shape index (κ2) is 8.22. The lowest BCUT2D eigenvalue weighted by molar-refractivity contribution is -0.125. The van der Waals surface area contributed by atoms with E-state index in [0.29, 0.717) is 13.1 Å². The number of methoxy groups -OCH3 is 1. The molecule has 28 heavy (non-hydrogen) atoms. The minimum absolute atomic E-state index is 0.0524. The van der Waals surface area contributed by atoms with Crippen LogP contribution in [-0.4, -0.2) is 36.1 Å². The molecule has 0 saturated carbocycles. The minimum atomic E-state index is -0.0524. The van der Waals surface area contributed by atoms with E-state index in [1.54, 1.807) is 7.11 Å². The number of halogens is 1. The van der Waals surface area contributed by atoms with Crippen molar-refractivity contribution in [3.8, 4) is 5.75 Å². The Morgan fingerprint density at radius 2 is 2.21 bits per heavy atom. The van der Waals surface area contributed by atoms with E-state index in [9.17, 15) is 4.79 Å². The topological polar surface area (TPSA) is 70.2 Å². The van der Waals surface area contributed by atoms with Gasteiger partial charge in [-0.3, -0.25) is 4.79 Å². The second-order valence-electron chi connectivity index (χ2n) is 7.04. The molecule has 2 heterocycles. The van der Waals surface area contributed by atoms with Gasteiger partial charge < -0.3 is 19.9 Å². The average Bonchev–Trinajstić information content (AvgIpc) is 3.15. The van der Waals surface area contributed by atoms with Crippen molar-refractivity contribution >= 4 is 38.8 Å². The van der Waals surface area contributed by atoms with Crippen molar-refractivity contribution in [3.63, 3.8) is 0 Å². The van der Waals surface area contributed by atoms with Crippen LogP contribution in [0.2, 0.25) is 0 Å². The van der Waals surface area contributed by atoms with Crippen molar-refractivity contribution in [2.75, 3.05) is 25.1 Å². The number of rotatable bonds is 5. The minimum Gasteiger partial charge on any atom is -0.496 e. The maximum absolute atomic E-state index is 12.7. The van der Waals surface area contributed by atoms with Gasteiger partial charge in [0.05, 0.1) is 24.1 Å². The lowest BCUT2D eigenvalue weighted by Crippen LogP contribution is -2.43. The summed E-state index contributed by atoms with van der Waals surface area (Å²) in [4.78, 5) is 23.0. The molecule has 6 nitrogen and oxygen atoms in total. The van der Waals surface area contributed by atoms with E-state index in [4.69, 9.17) is 4.74 Å². The molecule has 146 valence electrons. The highest BCUT2D eigenvalue weighted by atomic mass is 79.9. The summed E-state index contributed by atoms with van der Waals surface area (Å²) >= 11 is 3.49. The van der Waals surface area contributed by atoms with Crippen LogP contribution in [0.3, 0.4) is 0 Å². The van der Waals surface area contributed by atoms with Gasteiger partial charge >= 0.3 is 0 Å². The monoisotopic (exact) mass is 442 g/mol. The molecular formula is C21H23BrN4O2. The number of anilines is 1. The number of ether oxygens (including phenoxy) is 1. The third-order valence-electron chi connectivity index (χ3n) is 5.17. The summed E-state index contributed by atoms with van der Waals surface area (Å²) in [6.07, 6.45) is 1.85. The Kier molecular flexibility index (Phi) is 5.52. The number of carbonyl (C=O) groups excluding carboxylic acids is 1. The molecule has 0 bridgehead atoms. The molecule has 2 N–H and O–H groups in total. The summed E-state index contributed by atoms with van der Waals surface area (Å²) in [5, 5.41) is 3.07. The summed E-state index contributed by atoms with van der Waals surface area (Å²) in [5.74, 6) is 1.65. The van der Waals surface area contributed by atoms with Crippen molar-refractivity contribution < 1.29 is 9.53 Å². The van der Waals surface area contributed by atoms with Crippen LogP contribution >= 0.6 is 15.9 Å². The molecule has 7 heteroatoms. The van der Waals surface area contributed by atoms with Gasteiger partial charge in [-0.2, -0.15) is 0 Å². The molecule has 1 unspecified atom stereocenters. The number of H-pyrrole nitrogens is 1. The number of nitrogens with one attached hydrogen (secondary N) is 2. The van der Waals surface area contributed by atoms with Crippen LogP contribution in [0.25, 0.3) is 11.0 Å². The van der Waals surface area contributed by atoms with E-state index in [1.165, 1.54) is 0 Å². The standard InChI is InChI=1S/C21H23BrN4O2/c1-28-19-7-3-2-5-14(19)12-23-20(27)15-6-4-10-26(13-15)21-24-17-9-8-16(22)11-18(17)25-21/h2-3,5,7-9,11,15H,4,6,10,12-13H2,1H3,(H,23,27)(H,24,25). The summed E-state index contributed by atoms with van der Waals surface area (Å²) in [6.45, 7) is 2.04. The number of benzene rings is 2. The maximum Gasteiger partial charge on any atom is 0.225 e. The molecule has 1 fully saturated rings. The van der Waals surface area contributed by atoms with Crippen molar-refractivity contribution in [2.24, 2.45) is 5.92 Å². The quantitative estimate of drug-likeness (QED) is 0.628. The van der Waals surface area contributed by atoms with Gasteiger partial charge in [0.25, 0.3) is 0 Å². The van der Waals surface area contributed by atoms with Crippen LogP contribution in [0.5, 0.6) is 5.75 Å². The predicted molar refractivity (Wildman–Crippen MR) is 114 cm³/mol. The first-order valence-electron chi connectivity index (χ1n) is 9.44. The SMILES string of the molecule is COc1ccccc1CNC(=O)C1CCCN(c2nc3ccc(Br)cc3[nH]2)C1. The Balaban J connectivity index is 1.41. The Hall–Kier alpha value is -2.54. The number of hydrogen-bond donors (Lipinski definition) is 2. The number of carbonyl (C=O) groups is 1. The van der Waals surface area contributed by atoms with Crippen molar-refractivity contribution in [2.45, 2.75) is 19.4 Å². The number of imidazole rings is 1. The summed E-state index contributed by atoms with van der Waals surface area (Å²) in [6, 6.07) is 13.7. The molecule has 3 aromatic rings. The fraction of sp³-hybridized carbons (Fsp3) is 0.333. The fourth-order valence-electron chi connectivity index (χ4n) is 3.68. The van der Waals surface area contributed by atoms with Gasteiger partial charge in [-0.05, 0) is 37.1 Å². The van der Waals surface area contributed by atoms with Crippen LogP contribution in [-0.2, 0) is 11.3 Å². The molecule has 2 aromatic carbocycles. The van der Waals surface area contributed by atoms with E-state index in [-0.39, 0.29) is 11.8 Å². The smallest absolute Gasteiger partial charge is 0.225 e. The third kappa shape index (κ3) is 3.99. The van der Waals surface area contributed by atoms with Crippen molar-refractivity contribution in [3.05, 3.63) is 52.5 Å². The Bertz CT molecular complexity index is 987. The summed E-state index contributed by atoms with van der Waals surface area (Å²) < 4.78 is 6.38. The van der Waals surface area contributed by atoms with E-state index in [2.05, 4.69) is 36.1 Å². The highest BCUT2D eigenvalue weighted by Crippen LogP contribution is 2.25. The number of hydrogen-bond acceptors (Lipinski definition) is 4. The highest BCUT2D eigenvalue weighted by Gasteiger charge is 2.27. The number of aromatic amines is 1. The number of aromatic nitrogens is 2. The van der Waals surface area contributed by atoms with Gasteiger partial charge in [-0.1, -0.05) is 34.1 Å². The Morgan fingerprint density at radius 3 is 3.07 bits per heavy atom. The molecule has 0 aliphatic carbocycles. The Labute approximate surface area is 172 Å². The van der Waals surface area contributed by atoms with Gasteiger partial charge in [0.2, 0.25) is 11.9 Å². The van der Waals surface area contributed by atoms with E-state index in [0.717, 1.165) is 52.2 Å². The number of amides is 1. The summed E-state index contributed by atoms with van der Waals surface area (Å²) in [7, 11) is 1.64. The first-order chi connectivity index (χ1) is 13.6. The molecule has 1 atom stereocenters. The van der Waals surface area contributed by atoms with Crippen molar-refractivity contribution in [1.29, 1.82) is 0 Å². The molecule has 0 radical (unpaired) electrons. The maximum atomic E-state index is 12.7. The van der Waals surface area contributed by atoms with Gasteiger partial charge in [-0.15, -0.1) is 0 Å². The molecule has 1 amide bonds. The largest absolute Gasteiger partial charge is 0.496 e. The fourth-order valence-corrected chi connectivity index (χ4v) is 4.04. The van der Waals surface area contributed by atoms with Gasteiger partial charge in [0.1, 0.15) is 5.75 Å². The average molecular weight is 443 g/mol. The van der Waals surface area contributed by atoms with Crippen LogP contribution in [0.1, 0.15) is 18.4 Å². The van der Waals surface area contributed by atoms with Crippen LogP contribution < -0.4 is 15.0 Å². The van der Waals surface area contributed by atoms with Crippen LogP contribution in [0.15, 0.2) is 46.9 Å². The third-order valence-corrected chi connectivity index (χ3v) is 5.66. The van der Waals surface area contributed by atoms with Crippen molar-refractivity contribution in [1.82, 2.24) is 15.3 Å². The zero-order valence-corrected chi connectivity index (χ0v) is 17.3. The van der Waals surface area contributed by atoms with E-state index in [1.807, 2.05) is 42.5 Å². The van der Waals surface area contributed by atoms with Crippen LogP contribution in [0.4, 0.5) is 5.95 Å². The molecule has 1 aliphatic heterocycles. The zero-order valence-electron chi connectivity index (χ0n) is 15.7. The Morgan fingerprint density at radius 1 is 1.36 bits per heavy atom. The zero-order chi connectivity index (χ0) is 19.5. The molecular weight excluding hydrogens is 420 g/mol. The number of para-hydroxylation sites is 1. The summed E-state index contributed by atoms with van der Waals surface area (Å²) in [5.41, 5.74) is 2.90. The molecule has 1 aliphatic rings.